The number of carbonyl (C=O) groups is 1. The molecule has 134 valence electrons. The Hall–Kier alpha value is -2.33. The van der Waals surface area contributed by atoms with Crippen molar-refractivity contribution < 1.29 is 14.6 Å². The zero-order chi connectivity index (χ0) is 18.2. The maximum atomic E-state index is 12.6. The molecule has 0 aromatic heterocycles. The molecule has 0 saturated heterocycles. The van der Waals surface area contributed by atoms with Crippen LogP contribution in [0.1, 0.15) is 25.0 Å². The Labute approximate surface area is 150 Å². The molecule has 2 aromatic rings. The summed E-state index contributed by atoms with van der Waals surface area (Å²) in [5.41, 5.74) is 2.12. The molecule has 0 aliphatic rings. The summed E-state index contributed by atoms with van der Waals surface area (Å²) in [6.45, 7) is 5.11. The van der Waals surface area contributed by atoms with E-state index in [9.17, 15) is 9.90 Å². The number of esters is 1. The highest BCUT2D eigenvalue weighted by Crippen LogP contribution is 2.15. The van der Waals surface area contributed by atoms with Crippen molar-refractivity contribution in [2.24, 2.45) is 5.92 Å². The van der Waals surface area contributed by atoms with Gasteiger partial charge in [-0.05, 0) is 42.6 Å². The van der Waals surface area contributed by atoms with Crippen molar-refractivity contribution in [3.63, 3.8) is 0 Å². The predicted octanol–water partition coefficient (Wildman–Crippen LogP) is 3.63. The molecule has 0 aliphatic carbocycles. The largest absolute Gasteiger partial charge is 0.508 e. The molecule has 2 aromatic carbocycles. The third-order valence-electron chi connectivity index (χ3n) is 4.26. The number of ether oxygens (including phenoxy) is 1. The molecule has 1 N–H and O–H groups in total. The normalized spacial score (nSPS) is 12.4. The molecule has 0 saturated carbocycles. The number of likely N-dealkylation sites (N-methyl/N-ethyl adjacent to an activating group) is 1. The van der Waals surface area contributed by atoms with Gasteiger partial charge in [-0.2, -0.15) is 0 Å². The number of hydrogen-bond acceptors (Lipinski definition) is 4. The Kier molecular flexibility index (Phi) is 7.02. The SMILES string of the molecule is CC(C)[C@@H](C(=O)OCc1ccccc1)N(C)CCc1ccc(O)cc1. The quantitative estimate of drug-likeness (QED) is 0.745. The minimum absolute atomic E-state index is 0.160. The van der Waals surface area contributed by atoms with Gasteiger partial charge < -0.3 is 9.84 Å². The summed E-state index contributed by atoms with van der Waals surface area (Å²) in [5, 5.41) is 9.35. The van der Waals surface area contributed by atoms with Crippen LogP contribution < -0.4 is 0 Å². The predicted molar refractivity (Wildman–Crippen MR) is 99.3 cm³/mol. The Balaban J connectivity index is 1.91. The van der Waals surface area contributed by atoms with Crippen molar-refractivity contribution in [1.29, 1.82) is 0 Å². The third kappa shape index (κ3) is 5.91. The van der Waals surface area contributed by atoms with E-state index in [4.69, 9.17) is 4.74 Å². The Morgan fingerprint density at radius 2 is 1.68 bits per heavy atom. The number of rotatable bonds is 8. The second-order valence-corrected chi connectivity index (χ2v) is 6.68. The van der Waals surface area contributed by atoms with Crippen LogP contribution >= 0.6 is 0 Å². The summed E-state index contributed by atoms with van der Waals surface area (Å²) < 4.78 is 5.53. The van der Waals surface area contributed by atoms with Crippen LogP contribution in [0.4, 0.5) is 0 Å². The minimum atomic E-state index is -0.277. The van der Waals surface area contributed by atoms with Crippen LogP contribution in [0.15, 0.2) is 54.6 Å². The van der Waals surface area contributed by atoms with Gasteiger partial charge in [0, 0.05) is 6.54 Å². The summed E-state index contributed by atoms with van der Waals surface area (Å²) in [5.74, 6) is 0.238. The standard InChI is InChI=1S/C21H27NO3/c1-16(2)20(21(24)25-15-18-7-5-4-6-8-18)22(3)14-13-17-9-11-19(23)12-10-17/h4-12,16,20,23H,13-15H2,1-3H3/t20-/m0/s1. The van der Waals surface area contributed by atoms with Gasteiger partial charge in [-0.25, -0.2) is 0 Å². The van der Waals surface area contributed by atoms with Gasteiger partial charge in [-0.15, -0.1) is 0 Å². The molecule has 2 rings (SSSR count). The molecular formula is C21H27NO3. The smallest absolute Gasteiger partial charge is 0.323 e. The Morgan fingerprint density at radius 3 is 2.28 bits per heavy atom. The summed E-state index contributed by atoms with van der Waals surface area (Å²) in [6, 6.07) is 16.6. The van der Waals surface area contributed by atoms with E-state index in [2.05, 4.69) is 0 Å². The molecule has 0 heterocycles. The lowest BCUT2D eigenvalue weighted by atomic mass is 10.0. The van der Waals surface area contributed by atoms with Gasteiger partial charge in [0.1, 0.15) is 18.4 Å². The fourth-order valence-electron chi connectivity index (χ4n) is 2.88. The number of benzene rings is 2. The van der Waals surface area contributed by atoms with Crippen LogP contribution in [-0.2, 0) is 22.6 Å². The molecule has 0 bridgehead atoms. The third-order valence-corrected chi connectivity index (χ3v) is 4.26. The molecule has 0 aliphatic heterocycles. The molecule has 0 fully saturated rings. The van der Waals surface area contributed by atoms with Crippen molar-refractivity contribution >= 4 is 5.97 Å². The molecule has 0 spiro atoms. The van der Waals surface area contributed by atoms with Crippen LogP contribution in [0.25, 0.3) is 0 Å². The second-order valence-electron chi connectivity index (χ2n) is 6.68. The summed E-state index contributed by atoms with van der Waals surface area (Å²) in [6.07, 6.45) is 0.811. The molecule has 0 radical (unpaired) electrons. The lowest BCUT2D eigenvalue weighted by molar-refractivity contribution is -0.152. The van der Waals surface area contributed by atoms with Crippen molar-refractivity contribution in [2.45, 2.75) is 32.9 Å². The lowest BCUT2D eigenvalue weighted by Crippen LogP contribution is -2.44. The number of nitrogens with zero attached hydrogens (tertiary/aromatic N) is 1. The van der Waals surface area contributed by atoms with Gasteiger partial charge in [0.2, 0.25) is 0 Å². The van der Waals surface area contributed by atoms with E-state index in [0.29, 0.717) is 6.61 Å². The van der Waals surface area contributed by atoms with E-state index in [1.54, 1.807) is 12.1 Å². The number of hydrogen-bond donors (Lipinski definition) is 1. The molecule has 4 heteroatoms. The number of carbonyl (C=O) groups excluding carboxylic acids is 1. The average Bonchev–Trinajstić information content (AvgIpc) is 2.60. The molecule has 0 amide bonds. The van der Waals surface area contributed by atoms with E-state index >= 15 is 0 Å². The first-order valence-corrected chi connectivity index (χ1v) is 8.66. The number of aromatic hydroxyl groups is 1. The average molecular weight is 341 g/mol. The molecule has 0 unspecified atom stereocenters. The zero-order valence-corrected chi connectivity index (χ0v) is 15.2. The van der Waals surface area contributed by atoms with Crippen molar-refractivity contribution in [3.05, 3.63) is 65.7 Å². The highest BCUT2D eigenvalue weighted by atomic mass is 16.5. The van der Waals surface area contributed by atoms with Gasteiger partial charge in [-0.3, -0.25) is 9.69 Å². The van der Waals surface area contributed by atoms with E-state index < -0.39 is 0 Å². The van der Waals surface area contributed by atoms with Crippen molar-refractivity contribution in [1.82, 2.24) is 4.90 Å². The highest BCUT2D eigenvalue weighted by Gasteiger charge is 2.27. The number of phenols is 1. The maximum absolute atomic E-state index is 12.6. The first kappa shape index (κ1) is 19.0. The first-order chi connectivity index (χ1) is 12.0. The van der Waals surface area contributed by atoms with Crippen LogP contribution in [0.3, 0.4) is 0 Å². The van der Waals surface area contributed by atoms with Crippen LogP contribution in [0.5, 0.6) is 5.75 Å². The second kappa shape index (κ2) is 9.23. The first-order valence-electron chi connectivity index (χ1n) is 8.66. The topological polar surface area (TPSA) is 49.8 Å². The summed E-state index contributed by atoms with van der Waals surface area (Å²) in [4.78, 5) is 14.6. The van der Waals surface area contributed by atoms with Crippen molar-refractivity contribution in [3.8, 4) is 5.75 Å². The Morgan fingerprint density at radius 1 is 1.04 bits per heavy atom. The lowest BCUT2D eigenvalue weighted by Gasteiger charge is -2.29. The molecular weight excluding hydrogens is 314 g/mol. The fourth-order valence-corrected chi connectivity index (χ4v) is 2.88. The summed E-state index contributed by atoms with van der Waals surface area (Å²) >= 11 is 0. The van der Waals surface area contributed by atoms with Crippen LogP contribution in [0.2, 0.25) is 0 Å². The van der Waals surface area contributed by atoms with Gasteiger partial charge in [0.15, 0.2) is 0 Å². The molecule has 1 atom stereocenters. The van der Waals surface area contributed by atoms with Gasteiger partial charge in [0.25, 0.3) is 0 Å². The van der Waals surface area contributed by atoms with Crippen LogP contribution in [-0.4, -0.2) is 35.6 Å². The highest BCUT2D eigenvalue weighted by molar-refractivity contribution is 5.76. The van der Waals surface area contributed by atoms with E-state index in [-0.39, 0.29) is 23.7 Å². The monoisotopic (exact) mass is 341 g/mol. The number of phenolic OH excluding ortho intramolecular Hbond substituents is 1. The van der Waals surface area contributed by atoms with Gasteiger partial charge >= 0.3 is 5.97 Å². The van der Waals surface area contributed by atoms with Gasteiger partial charge in [0.05, 0.1) is 0 Å². The van der Waals surface area contributed by atoms with Crippen molar-refractivity contribution in [2.75, 3.05) is 13.6 Å². The zero-order valence-electron chi connectivity index (χ0n) is 15.2. The minimum Gasteiger partial charge on any atom is -0.508 e. The Bertz CT molecular complexity index is 653. The maximum Gasteiger partial charge on any atom is 0.323 e. The molecule has 4 nitrogen and oxygen atoms in total. The van der Waals surface area contributed by atoms with E-state index in [1.807, 2.05) is 68.3 Å². The van der Waals surface area contributed by atoms with Gasteiger partial charge in [-0.1, -0.05) is 56.3 Å². The molecule has 25 heavy (non-hydrogen) atoms. The van der Waals surface area contributed by atoms with Crippen LogP contribution in [0, 0.1) is 5.92 Å². The van der Waals surface area contributed by atoms with E-state index in [0.717, 1.165) is 24.1 Å². The van der Waals surface area contributed by atoms with E-state index in [1.165, 1.54) is 0 Å². The fraction of sp³-hybridized carbons (Fsp3) is 0.381. The summed E-state index contributed by atoms with van der Waals surface area (Å²) in [7, 11) is 1.95.